The first-order valence-electron chi connectivity index (χ1n) is 10.5. The Morgan fingerprint density at radius 2 is 2.04 bits per heavy atom. The third-order valence-electron chi connectivity index (χ3n) is 5.83. The van der Waals surface area contributed by atoms with Gasteiger partial charge in [-0.05, 0) is 59.9 Å². The Morgan fingerprint density at radius 3 is 2.86 bits per heavy atom. The highest BCUT2D eigenvalue weighted by atomic mass is 16.5. The second-order valence-corrected chi connectivity index (χ2v) is 8.50. The number of nitrogens with zero attached hydrogens (tertiary/aromatic N) is 1. The maximum atomic E-state index is 9.82. The molecule has 0 amide bonds. The van der Waals surface area contributed by atoms with Gasteiger partial charge in [-0.25, -0.2) is 4.98 Å². The van der Waals surface area contributed by atoms with Crippen molar-refractivity contribution in [1.82, 2.24) is 9.97 Å². The minimum absolute atomic E-state index is 0.279. The molecule has 2 N–H and O–H groups in total. The molecule has 0 spiro atoms. The summed E-state index contributed by atoms with van der Waals surface area (Å²) in [5.74, 6) is 1.93. The number of hydrogen-bond donors (Lipinski definition) is 2. The molecule has 0 aliphatic heterocycles. The minimum atomic E-state index is 0.279. The number of rotatable bonds is 6. The predicted molar refractivity (Wildman–Crippen MR) is 114 cm³/mol. The van der Waals surface area contributed by atoms with Crippen LogP contribution >= 0.6 is 0 Å². The molecule has 1 aliphatic carbocycles. The Labute approximate surface area is 167 Å². The number of aromatic hydroxyl groups is 1. The van der Waals surface area contributed by atoms with Crippen LogP contribution in [0.5, 0.6) is 5.75 Å². The molecule has 0 radical (unpaired) electrons. The van der Waals surface area contributed by atoms with Gasteiger partial charge in [0.15, 0.2) is 0 Å². The van der Waals surface area contributed by atoms with E-state index in [0.717, 1.165) is 30.0 Å². The van der Waals surface area contributed by atoms with Gasteiger partial charge in [0.05, 0.1) is 0 Å². The van der Waals surface area contributed by atoms with Crippen LogP contribution in [-0.2, 0) is 4.74 Å². The second kappa shape index (κ2) is 8.36. The molecule has 1 saturated carbocycles. The van der Waals surface area contributed by atoms with Gasteiger partial charge in [-0.2, -0.15) is 0 Å². The lowest BCUT2D eigenvalue weighted by Gasteiger charge is -2.31. The summed E-state index contributed by atoms with van der Waals surface area (Å²) >= 11 is 0. The van der Waals surface area contributed by atoms with E-state index in [0.29, 0.717) is 17.8 Å². The smallest absolute Gasteiger partial charge is 0.137 e. The lowest BCUT2D eigenvalue weighted by molar-refractivity contribution is 0.0599. The number of benzene rings is 1. The molecule has 28 heavy (non-hydrogen) atoms. The molecule has 4 heteroatoms. The number of fused-ring (bicyclic) bond motifs is 1. The molecule has 2 heterocycles. The van der Waals surface area contributed by atoms with Gasteiger partial charge >= 0.3 is 0 Å². The van der Waals surface area contributed by atoms with Crippen LogP contribution < -0.4 is 0 Å². The molecule has 4 nitrogen and oxygen atoms in total. The highest BCUT2D eigenvalue weighted by molar-refractivity contribution is 5.85. The van der Waals surface area contributed by atoms with Crippen molar-refractivity contribution in [3.05, 3.63) is 48.3 Å². The van der Waals surface area contributed by atoms with E-state index in [4.69, 9.17) is 4.74 Å². The Balaban J connectivity index is 1.64. The largest absolute Gasteiger partial charge is 0.508 e. The van der Waals surface area contributed by atoms with Gasteiger partial charge in [-0.3, -0.25) is 0 Å². The zero-order valence-electron chi connectivity index (χ0n) is 16.8. The van der Waals surface area contributed by atoms with E-state index in [9.17, 15) is 5.11 Å². The summed E-state index contributed by atoms with van der Waals surface area (Å²) in [6.45, 7) is 6.08. The number of pyridine rings is 1. The molecule has 1 aromatic carbocycles. The first-order valence-corrected chi connectivity index (χ1v) is 10.5. The summed E-state index contributed by atoms with van der Waals surface area (Å²) in [6.07, 6.45) is 9.03. The maximum Gasteiger partial charge on any atom is 0.137 e. The van der Waals surface area contributed by atoms with Crippen molar-refractivity contribution in [3.8, 4) is 16.9 Å². The summed E-state index contributed by atoms with van der Waals surface area (Å²) in [6, 6.07) is 9.58. The van der Waals surface area contributed by atoms with Crippen molar-refractivity contribution in [3.63, 3.8) is 0 Å². The van der Waals surface area contributed by atoms with Crippen molar-refractivity contribution in [1.29, 1.82) is 0 Å². The number of aromatic nitrogens is 2. The molecule has 0 saturated heterocycles. The Hall–Kier alpha value is -2.33. The zero-order valence-corrected chi connectivity index (χ0v) is 16.8. The number of nitrogens with one attached hydrogen (secondary N) is 1. The third-order valence-corrected chi connectivity index (χ3v) is 5.83. The average Bonchev–Trinajstić information content (AvgIpc) is 3.11. The van der Waals surface area contributed by atoms with Crippen molar-refractivity contribution in [2.45, 2.75) is 45.4 Å². The van der Waals surface area contributed by atoms with Crippen molar-refractivity contribution < 1.29 is 9.84 Å². The number of hydrogen-bond acceptors (Lipinski definition) is 3. The number of aromatic amines is 1. The van der Waals surface area contributed by atoms with Gasteiger partial charge in [-0.1, -0.05) is 38.8 Å². The van der Waals surface area contributed by atoms with E-state index in [-0.39, 0.29) is 5.75 Å². The third kappa shape index (κ3) is 4.07. The molecule has 3 aromatic rings. The average molecular weight is 379 g/mol. The summed E-state index contributed by atoms with van der Waals surface area (Å²) in [4.78, 5) is 8.01. The lowest BCUT2D eigenvalue weighted by atomic mass is 9.76. The molecule has 1 aliphatic rings. The molecule has 2 aromatic heterocycles. The Morgan fingerprint density at radius 1 is 1.18 bits per heavy atom. The maximum absolute atomic E-state index is 9.82. The quantitative estimate of drug-likeness (QED) is 0.563. The highest BCUT2D eigenvalue weighted by Gasteiger charge is 2.29. The Kier molecular flexibility index (Phi) is 5.67. The van der Waals surface area contributed by atoms with Crippen molar-refractivity contribution in [2.75, 3.05) is 13.2 Å². The molecular weight excluding hydrogens is 348 g/mol. The van der Waals surface area contributed by atoms with E-state index >= 15 is 0 Å². The van der Waals surface area contributed by atoms with Crippen molar-refractivity contribution >= 4 is 11.0 Å². The summed E-state index contributed by atoms with van der Waals surface area (Å²) in [7, 11) is 0. The van der Waals surface area contributed by atoms with Gasteiger partial charge in [0.1, 0.15) is 11.4 Å². The molecule has 2 atom stereocenters. The van der Waals surface area contributed by atoms with Crippen LogP contribution in [0.2, 0.25) is 0 Å². The fourth-order valence-electron chi connectivity index (χ4n) is 4.45. The second-order valence-electron chi connectivity index (χ2n) is 8.50. The van der Waals surface area contributed by atoms with E-state index in [2.05, 4.69) is 36.1 Å². The van der Waals surface area contributed by atoms with Gasteiger partial charge in [-0.15, -0.1) is 0 Å². The van der Waals surface area contributed by atoms with Gasteiger partial charge in [0.2, 0.25) is 0 Å². The monoisotopic (exact) mass is 378 g/mol. The SMILES string of the molecule is CC(C)COCC1CCCC[C@H]1c1c[nH]c2ncc(-c3cccc(O)c3)cc12. The van der Waals surface area contributed by atoms with Crippen LogP contribution in [0.1, 0.15) is 51.0 Å². The van der Waals surface area contributed by atoms with Crippen LogP contribution in [-0.4, -0.2) is 28.3 Å². The minimum Gasteiger partial charge on any atom is -0.508 e. The van der Waals surface area contributed by atoms with Crippen LogP contribution in [0, 0.1) is 11.8 Å². The summed E-state index contributed by atoms with van der Waals surface area (Å²) in [5, 5.41) is 11.0. The fourth-order valence-corrected chi connectivity index (χ4v) is 4.45. The number of H-pyrrole nitrogens is 1. The normalized spacial score (nSPS) is 20.1. The number of ether oxygens (including phenoxy) is 1. The van der Waals surface area contributed by atoms with Gasteiger partial charge in [0.25, 0.3) is 0 Å². The van der Waals surface area contributed by atoms with E-state index < -0.39 is 0 Å². The highest BCUT2D eigenvalue weighted by Crippen LogP contribution is 2.41. The molecule has 1 unspecified atom stereocenters. The van der Waals surface area contributed by atoms with E-state index in [1.165, 1.54) is 36.6 Å². The first kappa shape index (κ1) is 19.0. The van der Waals surface area contributed by atoms with Crippen molar-refractivity contribution in [2.24, 2.45) is 11.8 Å². The molecule has 148 valence electrons. The van der Waals surface area contributed by atoms with Crippen LogP contribution in [0.4, 0.5) is 0 Å². The molecular formula is C24H30N2O2. The molecule has 4 rings (SSSR count). The number of phenolic OH excluding ortho intramolecular Hbond substituents is 1. The van der Waals surface area contributed by atoms with Crippen LogP contribution in [0.25, 0.3) is 22.2 Å². The standard InChI is InChI=1S/C24H30N2O2/c1-16(2)14-28-15-18-6-3-4-9-21(18)23-13-26-24-22(23)11-19(12-25-24)17-7-5-8-20(27)10-17/h5,7-8,10-13,16,18,21,27H,3-4,6,9,14-15H2,1-2H3,(H,25,26)/t18?,21-/m1/s1. The van der Waals surface area contributed by atoms with E-state index in [1.807, 2.05) is 18.3 Å². The molecule has 1 fully saturated rings. The van der Waals surface area contributed by atoms with Crippen LogP contribution in [0.15, 0.2) is 42.7 Å². The summed E-state index contributed by atoms with van der Waals surface area (Å²) < 4.78 is 6.03. The summed E-state index contributed by atoms with van der Waals surface area (Å²) in [5.41, 5.74) is 4.32. The van der Waals surface area contributed by atoms with Crippen LogP contribution in [0.3, 0.4) is 0 Å². The fraction of sp³-hybridized carbons (Fsp3) is 0.458. The Bertz CT molecular complexity index is 931. The first-order chi connectivity index (χ1) is 13.6. The molecule has 0 bridgehead atoms. The lowest BCUT2D eigenvalue weighted by Crippen LogP contribution is -2.23. The topological polar surface area (TPSA) is 58.1 Å². The van der Waals surface area contributed by atoms with Gasteiger partial charge < -0.3 is 14.8 Å². The zero-order chi connectivity index (χ0) is 19.5. The number of phenols is 1. The predicted octanol–water partition coefficient (Wildman–Crippen LogP) is 5.88. The van der Waals surface area contributed by atoms with Gasteiger partial charge in [0, 0.05) is 36.6 Å². The van der Waals surface area contributed by atoms with E-state index in [1.54, 1.807) is 12.1 Å².